The van der Waals surface area contributed by atoms with Gasteiger partial charge in [-0.2, -0.15) is 0 Å². The van der Waals surface area contributed by atoms with Crippen LogP contribution in [0.1, 0.15) is 18.5 Å². The summed E-state index contributed by atoms with van der Waals surface area (Å²) in [7, 11) is 0. The van der Waals surface area contributed by atoms with Crippen LogP contribution in [-0.4, -0.2) is 19.1 Å². The fraction of sp³-hybridized carbons (Fsp3) is 0.308. The predicted octanol–water partition coefficient (Wildman–Crippen LogP) is 1.39. The largest absolute Gasteiger partial charge is 0.483 e. The van der Waals surface area contributed by atoms with Crippen LogP contribution in [0, 0.1) is 0 Å². The first kappa shape index (κ1) is 13.3. The summed E-state index contributed by atoms with van der Waals surface area (Å²) in [6, 6.07) is 7.32. The van der Waals surface area contributed by atoms with E-state index in [-0.39, 0.29) is 18.6 Å². The van der Waals surface area contributed by atoms with Gasteiger partial charge in [-0.05, 0) is 13.0 Å². The minimum Gasteiger partial charge on any atom is -0.483 e. The average Bonchev–Trinajstić information content (AvgIpc) is 2.34. The van der Waals surface area contributed by atoms with Crippen molar-refractivity contribution in [1.82, 2.24) is 5.32 Å². The number of para-hydroxylation sites is 1. The van der Waals surface area contributed by atoms with E-state index in [0.29, 0.717) is 12.3 Å². The lowest BCUT2D eigenvalue weighted by molar-refractivity contribution is -0.122. The zero-order valence-electron chi connectivity index (χ0n) is 9.98. The Hall–Kier alpha value is -1.81. The van der Waals surface area contributed by atoms with Gasteiger partial charge in [0.1, 0.15) is 5.75 Å². The monoisotopic (exact) mass is 234 g/mol. The molecule has 1 aromatic carbocycles. The highest BCUT2D eigenvalue weighted by Crippen LogP contribution is 2.22. The topological polar surface area (TPSA) is 64.3 Å². The minimum atomic E-state index is -0.177. The van der Waals surface area contributed by atoms with E-state index >= 15 is 0 Å². The maximum atomic E-state index is 11.3. The molecular weight excluding hydrogens is 216 g/mol. The molecule has 1 atom stereocenters. The molecular formula is C13H18N2O2. The van der Waals surface area contributed by atoms with Gasteiger partial charge in [0.25, 0.3) is 5.91 Å². The lowest BCUT2D eigenvalue weighted by atomic mass is 10.1. The zero-order chi connectivity index (χ0) is 12.7. The summed E-state index contributed by atoms with van der Waals surface area (Å²) in [6.45, 7) is 5.82. The van der Waals surface area contributed by atoms with Crippen LogP contribution in [0.5, 0.6) is 5.75 Å². The van der Waals surface area contributed by atoms with Crippen LogP contribution in [-0.2, 0) is 4.79 Å². The molecule has 1 rings (SSSR count). The maximum absolute atomic E-state index is 11.3. The molecule has 1 aromatic rings. The normalized spacial score (nSPS) is 11.6. The molecule has 1 amide bonds. The number of carbonyl (C=O) groups excluding carboxylic acids is 1. The molecule has 0 fully saturated rings. The number of ether oxygens (including phenoxy) is 1. The van der Waals surface area contributed by atoms with Crippen molar-refractivity contribution in [3.05, 3.63) is 42.5 Å². The van der Waals surface area contributed by atoms with E-state index in [9.17, 15) is 4.79 Å². The van der Waals surface area contributed by atoms with E-state index in [2.05, 4.69) is 11.9 Å². The Labute approximate surface area is 101 Å². The van der Waals surface area contributed by atoms with Crippen molar-refractivity contribution >= 4 is 5.91 Å². The van der Waals surface area contributed by atoms with Gasteiger partial charge in [0.05, 0.1) is 0 Å². The number of carbonyl (C=O) groups is 1. The molecule has 0 aliphatic heterocycles. The lowest BCUT2D eigenvalue weighted by Gasteiger charge is -2.13. The number of amides is 1. The molecule has 0 bridgehead atoms. The summed E-state index contributed by atoms with van der Waals surface area (Å²) < 4.78 is 5.43. The highest BCUT2D eigenvalue weighted by atomic mass is 16.5. The summed E-state index contributed by atoms with van der Waals surface area (Å²) in [6.07, 6.45) is 1.62. The number of hydrogen-bond donors (Lipinski definition) is 2. The van der Waals surface area contributed by atoms with E-state index in [1.54, 1.807) is 12.1 Å². The molecule has 4 nitrogen and oxygen atoms in total. The number of benzene rings is 1. The molecule has 0 aromatic heterocycles. The van der Waals surface area contributed by atoms with Crippen molar-refractivity contribution in [2.45, 2.75) is 13.0 Å². The van der Waals surface area contributed by atoms with E-state index in [4.69, 9.17) is 10.5 Å². The fourth-order valence-corrected chi connectivity index (χ4v) is 1.37. The SMILES string of the molecule is C=CCNC(=O)COc1ccccc1[C@@H](C)N. The first-order chi connectivity index (χ1) is 8.15. The highest BCUT2D eigenvalue weighted by Gasteiger charge is 2.08. The van der Waals surface area contributed by atoms with E-state index in [0.717, 1.165) is 5.56 Å². The second-order valence-electron chi connectivity index (χ2n) is 3.71. The molecule has 0 aliphatic rings. The Balaban J connectivity index is 2.56. The van der Waals surface area contributed by atoms with Crippen molar-refractivity contribution in [3.8, 4) is 5.75 Å². The van der Waals surface area contributed by atoms with Crippen molar-refractivity contribution in [1.29, 1.82) is 0 Å². The van der Waals surface area contributed by atoms with Gasteiger partial charge in [-0.3, -0.25) is 4.79 Å². The predicted molar refractivity (Wildman–Crippen MR) is 67.7 cm³/mol. The first-order valence-electron chi connectivity index (χ1n) is 5.50. The molecule has 17 heavy (non-hydrogen) atoms. The first-order valence-corrected chi connectivity index (χ1v) is 5.50. The van der Waals surface area contributed by atoms with Gasteiger partial charge in [0.2, 0.25) is 0 Å². The Morgan fingerprint density at radius 3 is 2.94 bits per heavy atom. The van der Waals surface area contributed by atoms with Crippen LogP contribution in [0.3, 0.4) is 0 Å². The average molecular weight is 234 g/mol. The van der Waals surface area contributed by atoms with Crippen LogP contribution in [0.25, 0.3) is 0 Å². The Morgan fingerprint density at radius 1 is 1.59 bits per heavy atom. The molecule has 0 spiro atoms. The molecule has 0 saturated carbocycles. The zero-order valence-corrected chi connectivity index (χ0v) is 9.98. The second-order valence-corrected chi connectivity index (χ2v) is 3.71. The summed E-state index contributed by atoms with van der Waals surface area (Å²) in [4.78, 5) is 11.3. The van der Waals surface area contributed by atoms with E-state index in [1.165, 1.54) is 0 Å². The van der Waals surface area contributed by atoms with Crippen molar-refractivity contribution < 1.29 is 9.53 Å². The Kier molecular flexibility index (Phi) is 5.23. The van der Waals surface area contributed by atoms with Crippen LogP contribution in [0.2, 0.25) is 0 Å². The second kappa shape index (κ2) is 6.70. The molecule has 4 heteroatoms. The van der Waals surface area contributed by atoms with Crippen molar-refractivity contribution in [3.63, 3.8) is 0 Å². The van der Waals surface area contributed by atoms with Gasteiger partial charge in [0, 0.05) is 18.2 Å². The number of nitrogens with two attached hydrogens (primary N) is 1. The summed E-state index contributed by atoms with van der Waals surface area (Å²) in [5.41, 5.74) is 6.70. The molecule has 0 heterocycles. The van der Waals surface area contributed by atoms with Gasteiger partial charge in [0.15, 0.2) is 6.61 Å². The quantitative estimate of drug-likeness (QED) is 0.731. The molecule has 0 unspecified atom stereocenters. The minimum absolute atomic E-state index is 0.0163. The number of hydrogen-bond acceptors (Lipinski definition) is 3. The molecule has 3 N–H and O–H groups in total. The molecule has 92 valence electrons. The van der Waals surface area contributed by atoms with Crippen LogP contribution in [0.15, 0.2) is 36.9 Å². The van der Waals surface area contributed by atoms with Crippen molar-refractivity contribution in [2.75, 3.05) is 13.2 Å². The van der Waals surface area contributed by atoms with Crippen LogP contribution < -0.4 is 15.8 Å². The highest BCUT2D eigenvalue weighted by molar-refractivity contribution is 5.77. The smallest absolute Gasteiger partial charge is 0.258 e. The standard InChI is InChI=1S/C13H18N2O2/c1-3-8-15-13(16)9-17-12-7-5-4-6-11(12)10(2)14/h3-7,10H,1,8-9,14H2,2H3,(H,15,16)/t10-/m1/s1. The third-order valence-corrected chi connectivity index (χ3v) is 2.21. The lowest BCUT2D eigenvalue weighted by Crippen LogP contribution is -2.29. The van der Waals surface area contributed by atoms with Crippen LogP contribution >= 0.6 is 0 Å². The van der Waals surface area contributed by atoms with Gasteiger partial charge in [-0.25, -0.2) is 0 Å². The molecule has 0 aliphatic carbocycles. The summed E-state index contributed by atoms with van der Waals surface area (Å²) in [5.74, 6) is 0.473. The van der Waals surface area contributed by atoms with Gasteiger partial charge in [-0.1, -0.05) is 24.3 Å². The van der Waals surface area contributed by atoms with E-state index in [1.807, 2.05) is 25.1 Å². The maximum Gasteiger partial charge on any atom is 0.258 e. The molecule has 0 saturated heterocycles. The van der Waals surface area contributed by atoms with Crippen LogP contribution in [0.4, 0.5) is 0 Å². The third-order valence-electron chi connectivity index (χ3n) is 2.21. The van der Waals surface area contributed by atoms with Gasteiger partial charge < -0.3 is 15.8 Å². The van der Waals surface area contributed by atoms with E-state index < -0.39 is 0 Å². The summed E-state index contributed by atoms with van der Waals surface area (Å²) >= 11 is 0. The summed E-state index contributed by atoms with van der Waals surface area (Å²) in [5, 5.41) is 2.64. The third kappa shape index (κ3) is 4.28. The van der Waals surface area contributed by atoms with Gasteiger partial charge in [-0.15, -0.1) is 6.58 Å². The number of nitrogens with one attached hydrogen (secondary N) is 1. The van der Waals surface area contributed by atoms with Gasteiger partial charge >= 0.3 is 0 Å². The Morgan fingerprint density at radius 2 is 2.29 bits per heavy atom. The fourth-order valence-electron chi connectivity index (χ4n) is 1.37. The molecule has 0 radical (unpaired) electrons. The Bertz CT molecular complexity index is 389. The number of rotatable bonds is 6. The van der Waals surface area contributed by atoms with Crippen molar-refractivity contribution in [2.24, 2.45) is 5.73 Å².